The highest BCUT2D eigenvalue weighted by Crippen LogP contribution is 2.43. The maximum absolute atomic E-state index is 13.7. The van der Waals surface area contributed by atoms with E-state index in [4.69, 9.17) is 94.7 Å². The van der Waals surface area contributed by atoms with Crippen LogP contribution >= 0.6 is 0 Å². The summed E-state index contributed by atoms with van der Waals surface area (Å²) in [6.45, 7) is 5.03. The highest BCUT2D eigenvalue weighted by atomic mass is 16.8. The maximum atomic E-state index is 13.7. The molecular formula is C54H70N24O30. The van der Waals surface area contributed by atoms with E-state index in [0.29, 0.717) is 0 Å². The first-order chi connectivity index (χ1) is 51.4. The molecule has 28 atom stereocenters. The van der Waals surface area contributed by atoms with Gasteiger partial charge in [0, 0.05) is 109 Å². The summed E-state index contributed by atoms with van der Waals surface area (Å²) in [6.07, 6.45) is -45.4. The van der Waals surface area contributed by atoms with Crippen LogP contribution in [0.2, 0.25) is 0 Å². The van der Waals surface area contributed by atoms with Crippen LogP contribution in [0.5, 0.6) is 0 Å². The summed E-state index contributed by atoms with van der Waals surface area (Å²) >= 11 is 0. The number of nitrogens with zero attached hydrogens (tertiary/aromatic N) is 24. The fraction of sp³-hybridized carbons (Fsp3) is 0.815. The van der Waals surface area contributed by atoms with E-state index in [1.807, 2.05) is 0 Å². The Balaban J connectivity index is 1.59. The van der Waals surface area contributed by atoms with Crippen molar-refractivity contribution in [1.82, 2.24) is 0 Å². The minimum absolute atomic E-state index is 0.637. The zero-order valence-electron chi connectivity index (χ0n) is 58.4. The third-order valence-corrected chi connectivity index (χ3v) is 16.0. The molecule has 54 heteroatoms. The first-order valence-corrected chi connectivity index (χ1v) is 31.9. The number of hydrogen-bond donors (Lipinski definition) is 0. The van der Waals surface area contributed by atoms with Crippen LogP contribution in [0, 0.1) is 0 Å². The van der Waals surface area contributed by atoms with Crippen LogP contribution in [-0.2, 0) is 143 Å². The van der Waals surface area contributed by atoms with Crippen molar-refractivity contribution in [2.24, 2.45) is 40.9 Å². The fourth-order valence-electron chi connectivity index (χ4n) is 12.4. The Bertz CT molecular complexity index is 3720. The van der Waals surface area contributed by atoms with Gasteiger partial charge in [0.15, 0.2) is 80.3 Å². The lowest BCUT2D eigenvalue weighted by atomic mass is 9.83. The molecular weight excluding hydrogens is 1460 g/mol. The van der Waals surface area contributed by atoms with Crippen LogP contribution < -0.4 is 0 Å². The monoisotopic (exact) mass is 1530 g/mol. The molecule has 0 aromatic heterocycles. The molecule has 6 fully saturated rings. The van der Waals surface area contributed by atoms with E-state index < -0.39 is 270 Å². The molecule has 5 heterocycles. The lowest BCUT2D eigenvalue weighted by molar-refractivity contribution is -0.309. The van der Waals surface area contributed by atoms with Gasteiger partial charge in [-0.3, -0.25) is 47.9 Å². The molecule has 0 aromatic rings. The van der Waals surface area contributed by atoms with Crippen molar-refractivity contribution in [3.8, 4) is 0 Å². The third-order valence-electron chi connectivity index (χ3n) is 16.0. The summed E-state index contributed by atoms with van der Waals surface area (Å²) in [7, 11) is 0. The van der Waals surface area contributed by atoms with Crippen molar-refractivity contribution in [2.75, 3.05) is 32.8 Å². The van der Waals surface area contributed by atoms with Gasteiger partial charge < -0.3 is 94.7 Å². The number of ether oxygens (including phenoxy) is 20. The minimum Gasteiger partial charge on any atom is -0.463 e. The van der Waals surface area contributed by atoms with Gasteiger partial charge in [-0.05, 0) is 50.7 Å². The Morgan fingerprint density at radius 2 is 0.565 bits per heavy atom. The maximum Gasteiger partial charge on any atom is 0.303 e. The molecule has 6 aliphatic rings. The van der Waals surface area contributed by atoms with E-state index in [-0.39, 0.29) is 0 Å². The zero-order valence-corrected chi connectivity index (χ0v) is 58.4. The van der Waals surface area contributed by atoms with E-state index in [1.54, 1.807) is 0 Å². The molecule has 0 amide bonds. The van der Waals surface area contributed by atoms with Crippen molar-refractivity contribution in [1.29, 1.82) is 0 Å². The largest absolute Gasteiger partial charge is 0.463 e. The highest BCUT2D eigenvalue weighted by molar-refractivity contribution is 5.70. The minimum atomic E-state index is -2.33. The lowest BCUT2D eigenvalue weighted by Gasteiger charge is -2.48. The standard InChI is InChI=1S/C54H70N24O30/c1-17(79)89-15-32-42(106-51-35(69-77-61)45(96-23(7)85)40(93-20(4)82)30(101-51)13-64-72-56)48(98-25(9)87)53(103-32)90-16-33-43(107-52-36(70-78-62)46(97-24(8)86)41(94-21(5)83)31(102-52)14-65-73-57)49(99-26(10)88)54(104-33)108-47-37(91-18(2)80)27(66-74-58)11-28(67-75-59)38(47)105-50-34(68-76-60)44(95-22(6)84)39(92-19(3)81)29(100-50)12-63-71-55/h27-54H,11-16H2,1-10H3/t27-,28?,29?,30+,31+,32-,33-,34?,35?,36?,37?,38-,39-,40-,41-,42+,43+,44-,45?,46?,47-,48?,49+,50-,51-,52-,53-,54?/m1/s1. The van der Waals surface area contributed by atoms with Crippen LogP contribution in [0.4, 0.5) is 0 Å². The van der Waals surface area contributed by atoms with Crippen LogP contribution in [0.15, 0.2) is 40.9 Å². The predicted octanol–water partition coefficient (Wildman–Crippen LogP) is 3.85. The molecule has 10 unspecified atom stereocenters. The van der Waals surface area contributed by atoms with Gasteiger partial charge in [0.1, 0.15) is 79.7 Å². The van der Waals surface area contributed by atoms with Crippen LogP contribution in [0.25, 0.3) is 83.5 Å². The van der Waals surface area contributed by atoms with Crippen molar-refractivity contribution in [3.63, 3.8) is 0 Å². The summed E-state index contributed by atoms with van der Waals surface area (Å²) in [6, 6.07) is -9.28. The summed E-state index contributed by atoms with van der Waals surface area (Å²) in [5.74, 6) is -10.8. The van der Waals surface area contributed by atoms with Crippen LogP contribution in [0.3, 0.4) is 0 Å². The fourth-order valence-corrected chi connectivity index (χ4v) is 12.4. The molecule has 5 aliphatic heterocycles. The highest BCUT2D eigenvalue weighted by Gasteiger charge is 2.61. The van der Waals surface area contributed by atoms with Crippen molar-refractivity contribution in [2.45, 2.75) is 247 Å². The molecule has 1 aliphatic carbocycles. The molecule has 0 bridgehead atoms. The predicted molar refractivity (Wildman–Crippen MR) is 337 cm³/mol. The van der Waals surface area contributed by atoms with E-state index in [9.17, 15) is 92.2 Å². The zero-order chi connectivity index (χ0) is 79.6. The summed E-state index contributed by atoms with van der Waals surface area (Å²) in [5.41, 5.74) is 78.6. The lowest BCUT2D eigenvalue weighted by Crippen LogP contribution is -2.65. The summed E-state index contributed by atoms with van der Waals surface area (Å²) < 4.78 is 120. The number of esters is 10. The van der Waals surface area contributed by atoms with Gasteiger partial charge in [-0.1, -0.05) is 40.9 Å². The third kappa shape index (κ3) is 23.1. The molecule has 108 heavy (non-hydrogen) atoms. The van der Waals surface area contributed by atoms with Crippen molar-refractivity contribution < 1.29 is 143 Å². The Kier molecular flexibility index (Phi) is 32.6. The summed E-state index contributed by atoms with van der Waals surface area (Å²) in [5, 5.41) is 29.3. The van der Waals surface area contributed by atoms with E-state index >= 15 is 0 Å². The second kappa shape index (κ2) is 41.0. The normalized spacial score (nSPS) is 34.4. The Morgan fingerprint density at radius 3 is 0.898 bits per heavy atom. The van der Waals surface area contributed by atoms with Gasteiger partial charge in [-0.25, -0.2) is 0 Å². The molecule has 0 aromatic carbocycles. The quantitative estimate of drug-likeness (QED) is 0.0296. The number of carbonyl (C=O) groups excluding carboxylic acids is 10. The Hall–Kier alpha value is -11.2. The Morgan fingerprint density at radius 1 is 0.287 bits per heavy atom. The van der Waals surface area contributed by atoms with Crippen molar-refractivity contribution in [3.05, 3.63) is 83.5 Å². The molecule has 6 rings (SSSR count). The van der Waals surface area contributed by atoms with E-state index in [1.165, 1.54) is 0 Å². The van der Waals surface area contributed by atoms with Gasteiger partial charge in [-0.15, -0.1) is 0 Å². The molecule has 0 spiro atoms. The Labute approximate surface area is 605 Å². The first-order valence-electron chi connectivity index (χ1n) is 31.9. The van der Waals surface area contributed by atoms with Gasteiger partial charge >= 0.3 is 59.7 Å². The molecule has 0 N–H and O–H groups in total. The number of carbonyl (C=O) groups is 10. The van der Waals surface area contributed by atoms with Gasteiger partial charge in [0.05, 0.1) is 44.4 Å². The molecule has 1 saturated carbocycles. The smallest absolute Gasteiger partial charge is 0.303 e. The molecule has 586 valence electrons. The number of rotatable bonds is 33. The second-order valence-electron chi connectivity index (χ2n) is 23.5. The molecule has 0 radical (unpaired) electrons. The SMILES string of the molecule is CC(=O)OC[C@H]1O[C@@H](OC[C@H]2OC(O[C@@H]3C(OC(C)=O)[C@H](N=[N+]=[N-])CC(N=[N+]=[N-])[C@H]3O[C@H]3OC(CN=[N+]=[N-])[C@@H](OC(C)=O)[C@H](OC(C)=O)C3N=[N+]=[N-])[C@@H](OC(C)=O)[C@H]2O[C@H]2O[C@@H](CN=[N+]=[N-])[C@@H](OC(C)=O)C(OC(C)=O)C2N=[N+]=[N-])C(OC(C)=O)[C@H]1O[C@H]1O[C@@H](CN=[N+]=[N-])[C@@H](OC(C)=O)C(OC(C)=O)C1N=[N+]=[N-]. The van der Waals surface area contributed by atoms with Crippen molar-refractivity contribution >= 4 is 59.7 Å². The molecule has 54 nitrogen and oxygen atoms in total. The van der Waals surface area contributed by atoms with Gasteiger partial charge in [0.2, 0.25) is 0 Å². The van der Waals surface area contributed by atoms with Gasteiger partial charge in [-0.2, -0.15) is 0 Å². The van der Waals surface area contributed by atoms with Crippen LogP contribution in [0.1, 0.15) is 75.7 Å². The number of azide groups is 8. The molecule has 5 saturated heterocycles. The number of hydrogen-bond acceptors (Lipinski definition) is 38. The van der Waals surface area contributed by atoms with E-state index in [0.717, 1.165) is 69.2 Å². The first kappa shape index (κ1) is 85.7. The average molecular weight is 1540 g/mol. The van der Waals surface area contributed by atoms with Gasteiger partial charge in [0.25, 0.3) is 0 Å². The second-order valence-corrected chi connectivity index (χ2v) is 23.5. The topological polar surface area (TPSA) is 745 Å². The average Bonchev–Trinajstić information content (AvgIpc) is 1.45. The van der Waals surface area contributed by atoms with E-state index in [2.05, 4.69) is 80.2 Å². The summed E-state index contributed by atoms with van der Waals surface area (Å²) in [4.78, 5) is 152. The van der Waals surface area contributed by atoms with Crippen LogP contribution in [-0.4, -0.2) is 264 Å².